The zero-order valence-corrected chi connectivity index (χ0v) is 15.4. The fourth-order valence-corrected chi connectivity index (χ4v) is 3.62. The highest BCUT2D eigenvalue weighted by molar-refractivity contribution is 7.13. The summed E-state index contributed by atoms with van der Waals surface area (Å²) in [6, 6.07) is 0. The smallest absolute Gasteiger partial charge is 0.229 e. The van der Waals surface area contributed by atoms with E-state index < -0.39 is 0 Å². The van der Waals surface area contributed by atoms with Crippen LogP contribution in [0, 0.1) is 5.92 Å². The Morgan fingerprint density at radius 1 is 1.08 bits per heavy atom. The van der Waals surface area contributed by atoms with Gasteiger partial charge in [0.2, 0.25) is 22.9 Å². The molecule has 0 saturated carbocycles. The fourth-order valence-electron chi connectivity index (χ4n) is 3.17. The minimum absolute atomic E-state index is 0.00738. The summed E-state index contributed by atoms with van der Waals surface area (Å²) >= 11 is 1.28. The molecule has 10 heteroatoms. The maximum Gasteiger partial charge on any atom is 0.229 e. The van der Waals surface area contributed by atoms with Gasteiger partial charge in [-0.25, -0.2) is 0 Å². The summed E-state index contributed by atoms with van der Waals surface area (Å²) in [6.07, 6.45) is 1.69. The van der Waals surface area contributed by atoms with E-state index in [4.69, 9.17) is 4.74 Å². The van der Waals surface area contributed by atoms with Gasteiger partial charge in [0.15, 0.2) is 0 Å². The average molecular weight is 381 g/mol. The third-order valence-corrected chi connectivity index (χ3v) is 5.33. The van der Waals surface area contributed by atoms with Gasteiger partial charge in [-0.2, -0.15) is 0 Å². The second-order valence-electron chi connectivity index (χ2n) is 6.38. The third-order valence-electron chi connectivity index (χ3n) is 4.73. The van der Waals surface area contributed by atoms with Crippen LogP contribution in [0.2, 0.25) is 0 Å². The van der Waals surface area contributed by atoms with Crippen molar-refractivity contribution in [3.63, 3.8) is 0 Å². The highest BCUT2D eigenvalue weighted by Crippen LogP contribution is 2.20. The summed E-state index contributed by atoms with van der Waals surface area (Å²) < 4.78 is 5.22. The Labute approximate surface area is 155 Å². The van der Waals surface area contributed by atoms with Crippen molar-refractivity contribution >= 4 is 34.2 Å². The molecule has 0 aliphatic carbocycles. The minimum Gasteiger partial charge on any atom is -0.378 e. The third kappa shape index (κ3) is 4.98. The summed E-state index contributed by atoms with van der Waals surface area (Å²) in [6.45, 7) is 3.40. The van der Waals surface area contributed by atoms with Crippen LogP contribution in [-0.4, -0.2) is 77.1 Å². The van der Waals surface area contributed by atoms with Crippen molar-refractivity contribution < 1.29 is 19.1 Å². The molecule has 2 aliphatic rings. The second kappa shape index (κ2) is 9.04. The Bertz CT molecular complexity index is 625. The normalized spacial score (nSPS) is 18.6. The van der Waals surface area contributed by atoms with Crippen LogP contribution in [0.5, 0.6) is 0 Å². The van der Waals surface area contributed by atoms with Gasteiger partial charge < -0.3 is 19.9 Å². The first-order valence-electron chi connectivity index (χ1n) is 8.84. The largest absolute Gasteiger partial charge is 0.378 e. The number of carbonyl (C=O) groups is 3. The van der Waals surface area contributed by atoms with E-state index in [1.807, 2.05) is 0 Å². The number of hydrogen-bond donors (Lipinski definition) is 1. The average Bonchev–Trinajstić information content (AvgIpc) is 3.19. The lowest BCUT2D eigenvalue weighted by atomic mass is 9.95. The molecule has 3 amide bonds. The monoisotopic (exact) mass is 381 g/mol. The van der Waals surface area contributed by atoms with Gasteiger partial charge in [-0.3, -0.25) is 14.4 Å². The van der Waals surface area contributed by atoms with Crippen molar-refractivity contribution in [1.29, 1.82) is 0 Å². The minimum atomic E-state index is -0.127. The molecule has 26 heavy (non-hydrogen) atoms. The number of aromatic nitrogens is 2. The van der Waals surface area contributed by atoms with Gasteiger partial charge in [0, 0.05) is 44.9 Å². The van der Waals surface area contributed by atoms with Crippen LogP contribution in [0.3, 0.4) is 0 Å². The molecule has 2 aliphatic heterocycles. The molecule has 0 radical (unpaired) electrons. The lowest BCUT2D eigenvalue weighted by Crippen LogP contribution is -2.43. The van der Waals surface area contributed by atoms with Crippen molar-refractivity contribution in [1.82, 2.24) is 20.0 Å². The van der Waals surface area contributed by atoms with E-state index in [9.17, 15) is 14.4 Å². The number of morpholine rings is 1. The lowest BCUT2D eigenvalue weighted by Gasteiger charge is -2.31. The first kappa shape index (κ1) is 18.7. The Hall–Kier alpha value is -2.07. The summed E-state index contributed by atoms with van der Waals surface area (Å²) in [5, 5.41) is 10.7. The van der Waals surface area contributed by atoms with Gasteiger partial charge >= 0.3 is 0 Å². The van der Waals surface area contributed by atoms with Gasteiger partial charge in [-0.05, 0) is 12.8 Å². The molecule has 1 aromatic rings. The SMILES string of the molecule is O=C(Nc1nncs1)C1CCN(C(=O)CCC(=O)N2CCOCC2)CC1. The summed E-state index contributed by atoms with van der Waals surface area (Å²) in [5.41, 5.74) is 1.56. The summed E-state index contributed by atoms with van der Waals surface area (Å²) in [4.78, 5) is 40.1. The molecule has 142 valence electrons. The van der Waals surface area contributed by atoms with Crippen molar-refractivity contribution in [3.8, 4) is 0 Å². The van der Waals surface area contributed by atoms with Crippen LogP contribution in [0.4, 0.5) is 5.13 Å². The number of anilines is 1. The zero-order valence-electron chi connectivity index (χ0n) is 14.6. The maximum absolute atomic E-state index is 12.3. The van der Waals surface area contributed by atoms with Gasteiger partial charge in [0.25, 0.3) is 0 Å². The van der Waals surface area contributed by atoms with E-state index in [-0.39, 0.29) is 36.5 Å². The predicted molar refractivity (Wildman–Crippen MR) is 94.5 cm³/mol. The molecule has 9 nitrogen and oxygen atoms in total. The highest BCUT2D eigenvalue weighted by Gasteiger charge is 2.28. The van der Waals surface area contributed by atoms with Crippen molar-refractivity contribution in [2.24, 2.45) is 5.92 Å². The van der Waals surface area contributed by atoms with Crippen LogP contribution in [-0.2, 0) is 19.1 Å². The topological polar surface area (TPSA) is 105 Å². The highest BCUT2D eigenvalue weighted by atomic mass is 32.1. The number of ether oxygens (including phenoxy) is 1. The molecule has 0 bridgehead atoms. The maximum atomic E-state index is 12.3. The number of nitrogens with one attached hydrogen (secondary N) is 1. The van der Waals surface area contributed by atoms with Gasteiger partial charge in [0.05, 0.1) is 13.2 Å². The molecule has 1 N–H and O–H groups in total. The van der Waals surface area contributed by atoms with Crippen LogP contribution < -0.4 is 5.32 Å². The molecular weight excluding hydrogens is 358 g/mol. The summed E-state index contributed by atoms with van der Waals surface area (Å²) in [5.74, 6) is -0.211. The van der Waals surface area contributed by atoms with Crippen LogP contribution >= 0.6 is 11.3 Å². The number of likely N-dealkylation sites (tertiary alicyclic amines) is 1. The van der Waals surface area contributed by atoms with E-state index in [0.29, 0.717) is 57.4 Å². The predicted octanol–water partition coefficient (Wildman–Crippen LogP) is 0.354. The Balaban J connectivity index is 1.37. The Morgan fingerprint density at radius 3 is 2.27 bits per heavy atom. The molecule has 3 heterocycles. The first-order chi connectivity index (χ1) is 12.6. The number of amides is 3. The van der Waals surface area contributed by atoms with Crippen LogP contribution in [0.25, 0.3) is 0 Å². The Morgan fingerprint density at radius 2 is 1.69 bits per heavy atom. The first-order valence-corrected chi connectivity index (χ1v) is 9.72. The quantitative estimate of drug-likeness (QED) is 0.789. The van der Waals surface area contributed by atoms with Gasteiger partial charge in [-0.1, -0.05) is 11.3 Å². The van der Waals surface area contributed by atoms with Crippen molar-refractivity contribution in [2.75, 3.05) is 44.7 Å². The van der Waals surface area contributed by atoms with E-state index >= 15 is 0 Å². The number of piperidine rings is 1. The number of carbonyl (C=O) groups excluding carboxylic acids is 3. The van der Waals surface area contributed by atoms with Crippen molar-refractivity contribution in [3.05, 3.63) is 5.51 Å². The molecule has 1 aromatic heterocycles. The summed E-state index contributed by atoms with van der Waals surface area (Å²) in [7, 11) is 0. The molecule has 2 fully saturated rings. The Kier molecular flexibility index (Phi) is 6.51. The second-order valence-corrected chi connectivity index (χ2v) is 7.21. The zero-order chi connectivity index (χ0) is 18.4. The van der Waals surface area contributed by atoms with Gasteiger partial charge in [0.1, 0.15) is 5.51 Å². The van der Waals surface area contributed by atoms with Crippen LogP contribution in [0.1, 0.15) is 25.7 Å². The molecule has 0 atom stereocenters. The van der Waals surface area contributed by atoms with E-state index in [1.165, 1.54) is 11.3 Å². The van der Waals surface area contributed by atoms with Crippen molar-refractivity contribution in [2.45, 2.75) is 25.7 Å². The molecule has 0 unspecified atom stereocenters. The molecule has 2 saturated heterocycles. The van der Waals surface area contributed by atoms with E-state index in [0.717, 1.165) is 0 Å². The lowest BCUT2D eigenvalue weighted by molar-refractivity contribution is -0.140. The fraction of sp³-hybridized carbons (Fsp3) is 0.688. The number of rotatable bonds is 5. The molecule has 3 rings (SSSR count). The molecule has 0 aromatic carbocycles. The molecular formula is C16H23N5O4S. The number of hydrogen-bond acceptors (Lipinski definition) is 7. The number of nitrogens with zero attached hydrogens (tertiary/aromatic N) is 4. The standard InChI is InChI=1S/C16H23N5O4S/c22-13(1-2-14(23)21-7-9-25-10-8-21)20-5-3-12(4-6-20)15(24)18-16-19-17-11-26-16/h11-12H,1-10H2,(H,18,19,24). The van der Waals surface area contributed by atoms with Gasteiger partial charge in [-0.15, -0.1) is 10.2 Å². The van der Waals surface area contributed by atoms with E-state index in [2.05, 4.69) is 15.5 Å². The van der Waals surface area contributed by atoms with E-state index in [1.54, 1.807) is 15.3 Å². The van der Waals surface area contributed by atoms with Crippen LogP contribution in [0.15, 0.2) is 5.51 Å². The molecule has 0 spiro atoms.